The Morgan fingerprint density at radius 2 is 1.80 bits per heavy atom. The molecule has 216 valence electrons. The minimum atomic E-state index is -4.68. The van der Waals surface area contributed by atoms with Gasteiger partial charge in [-0.1, -0.05) is 17.7 Å². The van der Waals surface area contributed by atoms with E-state index >= 15 is 0 Å². The first-order valence-electron chi connectivity index (χ1n) is 13.5. The van der Waals surface area contributed by atoms with Crippen molar-refractivity contribution in [1.82, 2.24) is 10.2 Å². The molecule has 40 heavy (non-hydrogen) atoms. The standard InChI is InChI=1S/C29H31ClF4N2O4/c30-25-4-1-19(13-24(25)26(37)38)18-6-9-36(10-7-18)23-5-8-28(40-16-23,20-2-3-20)27(39)35-15-17-11-21(29(32,33)34)14-22(31)12-17/h1,4,11-14,18,20,23H,2-3,5-10,15-16H2,(H,35,39)(H,37,38)/t23-,28+/m1/s1. The molecular formula is C29H31ClF4N2O4. The average Bonchev–Trinajstić information content (AvgIpc) is 3.77. The molecule has 0 unspecified atom stereocenters. The predicted molar refractivity (Wildman–Crippen MR) is 140 cm³/mol. The summed E-state index contributed by atoms with van der Waals surface area (Å²) in [6.07, 6.45) is -0.0104. The van der Waals surface area contributed by atoms with Crippen LogP contribution in [-0.4, -0.2) is 53.2 Å². The van der Waals surface area contributed by atoms with E-state index in [4.69, 9.17) is 16.3 Å². The SMILES string of the molecule is O=C(O)c1cc(C2CCN([C@@H]3CC[C@@](C(=O)NCc4cc(F)cc(C(F)(F)F)c4)(C4CC4)OC3)CC2)ccc1Cl. The highest BCUT2D eigenvalue weighted by Gasteiger charge is 2.54. The molecule has 2 atom stereocenters. The number of piperidine rings is 1. The summed E-state index contributed by atoms with van der Waals surface area (Å²) in [6.45, 7) is 1.78. The van der Waals surface area contributed by atoms with Gasteiger partial charge < -0.3 is 15.2 Å². The van der Waals surface area contributed by atoms with Crippen molar-refractivity contribution in [3.63, 3.8) is 0 Å². The third-order valence-electron chi connectivity index (χ3n) is 8.48. The normalized spacial score (nSPS) is 24.6. The number of rotatable bonds is 7. The Morgan fingerprint density at radius 1 is 1.07 bits per heavy atom. The van der Waals surface area contributed by atoms with Crippen molar-refractivity contribution in [3.05, 3.63) is 69.5 Å². The summed E-state index contributed by atoms with van der Waals surface area (Å²) in [7, 11) is 0. The van der Waals surface area contributed by atoms with Crippen LogP contribution in [0.25, 0.3) is 0 Å². The number of carboxylic acid groups (broad SMARTS) is 1. The summed E-state index contributed by atoms with van der Waals surface area (Å²) in [5.74, 6) is -2.12. The molecule has 1 saturated carbocycles. The zero-order chi connectivity index (χ0) is 28.7. The van der Waals surface area contributed by atoms with Gasteiger partial charge in [0.05, 0.1) is 22.8 Å². The zero-order valence-corrected chi connectivity index (χ0v) is 22.5. The van der Waals surface area contributed by atoms with Crippen LogP contribution in [0.1, 0.15) is 71.5 Å². The van der Waals surface area contributed by atoms with Crippen LogP contribution in [0.3, 0.4) is 0 Å². The molecule has 6 nitrogen and oxygen atoms in total. The lowest BCUT2D eigenvalue weighted by Crippen LogP contribution is -2.57. The van der Waals surface area contributed by atoms with Gasteiger partial charge in [-0.15, -0.1) is 0 Å². The van der Waals surface area contributed by atoms with Gasteiger partial charge in [-0.3, -0.25) is 9.69 Å². The molecule has 2 heterocycles. The monoisotopic (exact) mass is 582 g/mol. The number of alkyl halides is 3. The van der Waals surface area contributed by atoms with E-state index in [2.05, 4.69) is 10.2 Å². The van der Waals surface area contributed by atoms with Gasteiger partial charge in [0.1, 0.15) is 11.4 Å². The van der Waals surface area contributed by atoms with E-state index in [0.29, 0.717) is 19.1 Å². The molecular weight excluding hydrogens is 552 g/mol. The Kier molecular flexibility index (Phi) is 8.14. The number of aromatic carboxylic acids is 1. The molecule has 3 aliphatic rings. The van der Waals surface area contributed by atoms with Crippen LogP contribution in [-0.2, 0) is 22.3 Å². The second-order valence-electron chi connectivity index (χ2n) is 11.1. The predicted octanol–water partition coefficient (Wildman–Crippen LogP) is 6.02. The topological polar surface area (TPSA) is 78.9 Å². The Balaban J connectivity index is 1.17. The maximum Gasteiger partial charge on any atom is 0.416 e. The first-order chi connectivity index (χ1) is 19.0. The van der Waals surface area contributed by atoms with E-state index in [1.807, 2.05) is 6.07 Å². The molecule has 2 aromatic rings. The number of carbonyl (C=O) groups is 2. The Labute approximate surface area is 234 Å². The molecule has 2 aliphatic heterocycles. The number of halogens is 5. The Hall–Kier alpha value is -2.69. The molecule has 1 amide bonds. The van der Waals surface area contributed by atoms with Crippen molar-refractivity contribution in [3.8, 4) is 0 Å². The maximum atomic E-state index is 13.8. The van der Waals surface area contributed by atoms with Crippen LogP contribution in [0.2, 0.25) is 5.02 Å². The number of hydrogen-bond donors (Lipinski definition) is 2. The van der Waals surface area contributed by atoms with Crippen LogP contribution >= 0.6 is 11.6 Å². The van der Waals surface area contributed by atoms with Crippen molar-refractivity contribution < 1.29 is 37.0 Å². The summed E-state index contributed by atoms with van der Waals surface area (Å²) in [6, 6.07) is 7.59. The van der Waals surface area contributed by atoms with Crippen molar-refractivity contribution in [1.29, 1.82) is 0 Å². The van der Waals surface area contributed by atoms with E-state index in [0.717, 1.165) is 62.9 Å². The number of amides is 1. The highest BCUT2D eigenvalue weighted by Crippen LogP contribution is 2.47. The molecule has 0 bridgehead atoms. The summed E-state index contributed by atoms with van der Waals surface area (Å²) < 4.78 is 59.3. The first kappa shape index (κ1) is 28.8. The quantitative estimate of drug-likeness (QED) is 0.390. The van der Waals surface area contributed by atoms with Gasteiger partial charge in [-0.2, -0.15) is 13.2 Å². The number of hydrogen-bond acceptors (Lipinski definition) is 4. The number of nitrogens with one attached hydrogen (secondary N) is 1. The zero-order valence-electron chi connectivity index (χ0n) is 21.8. The lowest BCUT2D eigenvalue weighted by molar-refractivity contribution is -0.165. The van der Waals surface area contributed by atoms with Crippen molar-refractivity contribution >= 4 is 23.5 Å². The van der Waals surface area contributed by atoms with Crippen LogP contribution in [0.15, 0.2) is 36.4 Å². The number of carbonyl (C=O) groups excluding carboxylic acids is 1. The third kappa shape index (κ3) is 6.14. The molecule has 2 N–H and O–H groups in total. The molecule has 11 heteroatoms. The van der Waals surface area contributed by atoms with Crippen LogP contribution in [0.4, 0.5) is 17.6 Å². The number of nitrogens with zero attached hydrogens (tertiary/aromatic N) is 1. The van der Waals surface area contributed by atoms with E-state index < -0.39 is 29.1 Å². The van der Waals surface area contributed by atoms with Gasteiger partial charge in [0.25, 0.3) is 5.91 Å². The molecule has 0 spiro atoms. The fraction of sp³-hybridized carbons (Fsp3) is 0.517. The summed E-state index contributed by atoms with van der Waals surface area (Å²) >= 11 is 6.02. The molecule has 0 radical (unpaired) electrons. The first-order valence-corrected chi connectivity index (χ1v) is 13.9. The van der Waals surface area contributed by atoms with Crippen molar-refractivity contribution in [2.75, 3.05) is 19.7 Å². The minimum Gasteiger partial charge on any atom is -0.478 e. The highest BCUT2D eigenvalue weighted by molar-refractivity contribution is 6.33. The molecule has 5 rings (SSSR count). The van der Waals surface area contributed by atoms with E-state index in [9.17, 15) is 32.3 Å². The summed E-state index contributed by atoms with van der Waals surface area (Å²) in [4.78, 5) is 27.1. The fourth-order valence-electron chi connectivity index (χ4n) is 6.11. The van der Waals surface area contributed by atoms with Gasteiger partial charge in [0.15, 0.2) is 0 Å². The van der Waals surface area contributed by atoms with Gasteiger partial charge >= 0.3 is 12.1 Å². The van der Waals surface area contributed by atoms with Gasteiger partial charge in [0, 0.05) is 12.6 Å². The number of benzene rings is 2. The molecule has 2 aromatic carbocycles. The van der Waals surface area contributed by atoms with Gasteiger partial charge in [-0.25, -0.2) is 9.18 Å². The van der Waals surface area contributed by atoms with Gasteiger partial charge in [0.2, 0.25) is 0 Å². The summed E-state index contributed by atoms with van der Waals surface area (Å²) in [5, 5.41) is 12.3. The second kappa shape index (κ2) is 11.3. The third-order valence-corrected chi connectivity index (χ3v) is 8.81. The number of likely N-dealkylation sites (tertiary alicyclic amines) is 1. The van der Waals surface area contributed by atoms with Crippen LogP contribution < -0.4 is 5.32 Å². The molecule has 3 fully saturated rings. The molecule has 2 saturated heterocycles. The van der Waals surface area contributed by atoms with Crippen molar-refractivity contribution in [2.24, 2.45) is 5.92 Å². The van der Waals surface area contributed by atoms with E-state index in [-0.39, 0.29) is 46.5 Å². The van der Waals surface area contributed by atoms with E-state index in [1.165, 1.54) is 0 Å². The summed E-state index contributed by atoms with van der Waals surface area (Å²) in [5.41, 5.74) is -1.00. The minimum absolute atomic E-state index is 0.0411. The van der Waals surface area contributed by atoms with Crippen LogP contribution in [0, 0.1) is 11.7 Å². The lowest BCUT2D eigenvalue weighted by Gasteiger charge is -2.45. The van der Waals surface area contributed by atoms with Crippen LogP contribution in [0.5, 0.6) is 0 Å². The molecule has 1 aliphatic carbocycles. The maximum absolute atomic E-state index is 13.8. The number of carboxylic acids is 1. The van der Waals surface area contributed by atoms with Crippen molar-refractivity contribution in [2.45, 2.75) is 68.8 Å². The lowest BCUT2D eigenvalue weighted by atomic mass is 9.84. The largest absolute Gasteiger partial charge is 0.478 e. The fourth-order valence-corrected chi connectivity index (χ4v) is 6.31. The van der Waals surface area contributed by atoms with E-state index in [1.54, 1.807) is 12.1 Å². The smallest absolute Gasteiger partial charge is 0.416 e. The Morgan fingerprint density at radius 3 is 2.40 bits per heavy atom. The molecule has 0 aromatic heterocycles. The van der Waals surface area contributed by atoms with Gasteiger partial charge in [-0.05, 0) is 105 Å². The highest BCUT2D eigenvalue weighted by atomic mass is 35.5. The average molecular weight is 583 g/mol. The number of ether oxygens (including phenoxy) is 1. The second-order valence-corrected chi connectivity index (χ2v) is 11.5. The Bertz CT molecular complexity index is 1270.